The molecule has 2 heterocycles. The van der Waals surface area contributed by atoms with E-state index in [-0.39, 0.29) is 11.8 Å². The number of fused-ring (bicyclic) bond motifs is 4. The van der Waals surface area contributed by atoms with Crippen LogP contribution in [0.25, 0.3) is 0 Å². The Morgan fingerprint density at radius 1 is 1.15 bits per heavy atom. The van der Waals surface area contributed by atoms with E-state index in [0.717, 1.165) is 35.4 Å². The summed E-state index contributed by atoms with van der Waals surface area (Å²) in [6.45, 7) is 2.31. The van der Waals surface area contributed by atoms with Crippen molar-refractivity contribution < 1.29 is 4.74 Å². The van der Waals surface area contributed by atoms with Crippen LogP contribution in [0.15, 0.2) is 58.1 Å². The topological polar surface area (TPSA) is 24.8 Å². The standard InChI is InChI=1S/C23H25BrN2O/c1-2-16-10-12-23(13-11-16)26-21(19-14-18(24)8-9-22(19)27-23)15-20(25-26)17-6-4-3-5-7-17/h3-9,14,16,21H,2,10-13,15H2,1H3/t16?,21-,23?/m1/s1. The fraction of sp³-hybridized carbons (Fsp3) is 0.435. The Morgan fingerprint density at radius 2 is 1.93 bits per heavy atom. The normalized spacial score (nSPS) is 29.1. The van der Waals surface area contributed by atoms with Crippen LogP contribution in [-0.4, -0.2) is 16.4 Å². The van der Waals surface area contributed by atoms with Gasteiger partial charge in [0.05, 0.1) is 11.8 Å². The van der Waals surface area contributed by atoms with Crippen molar-refractivity contribution in [1.82, 2.24) is 5.01 Å². The van der Waals surface area contributed by atoms with Crippen LogP contribution in [0.4, 0.5) is 0 Å². The third kappa shape index (κ3) is 2.89. The van der Waals surface area contributed by atoms with Crippen LogP contribution in [0.3, 0.4) is 0 Å². The molecule has 3 nitrogen and oxygen atoms in total. The van der Waals surface area contributed by atoms with Gasteiger partial charge in [-0.05, 0) is 42.5 Å². The molecule has 1 atom stereocenters. The summed E-state index contributed by atoms with van der Waals surface area (Å²) in [7, 11) is 0. The lowest BCUT2D eigenvalue weighted by Gasteiger charge is -2.50. The van der Waals surface area contributed by atoms with E-state index in [0.29, 0.717) is 0 Å². The average molecular weight is 425 g/mol. The van der Waals surface area contributed by atoms with Crippen molar-refractivity contribution in [2.24, 2.45) is 11.0 Å². The predicted molar refractivity (Wildman–Crippen MR) is 112 cm³/mol. The lowest BCUT2D eigenvalue weighted by Crippen LogP contribution is -2.55. The number of rotatable bonds is 2. The number of ether oxygens (including phenoxy) is 1. The Bertz CT molecular complexity index is 871. The smallest absolute Gasteiger partial charge is 0.198 e. The van der Waals surface area contributed by atoms with E-state index >= 15 is 0 Å². The maximum absolute atomic E-state index is 6.70. The van der Waals surface area contributed by atoms with E-state index in [4.69, 9.17) is 9.84 Å². The molecule has 0 saturated heterocycles. The predicted octanol–water partition coefficient (Wildman–Crippen LogP) is 6.29. The Balaban J connectivity index is 1.57. The summed E-state index contributed by atoms with van der Waals surface area (Å²) in [5, 5.41) is 7.46. The molecule has 4 heteroatoms. The molecule has 0 unspecified atom stereocenters. The Labute approximate surface area is 169 Å². The summed E-state index contributed by atoms with van der Waals surface area (Å²) in [4.78, 5) is 0. The first kappa shape index (κ1) is 17.3. The molecule has 2 aromatic carbocycles. The van der Waals surface area contributed by atoms with Crippen LogP contribution in [0.2, 0.25) is 0 Å². The van der Waals surface area contributed by atoms with Gasteiger partial charge in [-0.3, -0.25) is 0 Å². The first-order valence-electron chi connectivity index (χ1n) is 10.1. The molecule has 27 heavy (non-hydrogen) atoms. The molecular formula is C23H25BrN2O. The van der Waals surface area contributed by atoms with Gasteiger partial charge in [0.25, 0.3) is 0 Å². The highest BCUT2D eigenvalue weighted by Gasteiger charge is 2.51. The van der Waals surface area contributed by atoms with Crippen molar-refractivity contribution in [1.29, 1.82) is 0 Å². The van der Waals surface area contributed by atoms with Gasteiger partial charge >= 0.3 is 0 Å². The Kier molecular flexibility index (Phi) is 4.27. The summed E-state index contributed by atoms with van der Waals surface area (Å²) < 4.78 is 7.80. The molecule has 0 bridgehead atoms. The van der Waals surface area contributed by atoms with Crippen LogP contribution in [0, 0.1) is 5.92 Å². The summed E-state index contributed by atoms with van der Waals surface area (Å²) in [5.41, 5.74) is 3.37. The van der Waals surface area contributed by atoms with Crippen molar-refractivity contribution in [2.75, 3.05) is 0 Å². The van der Waals surface area contributed by atoms with Gasteiger partial charge in [-0.25, -0.2) is 5.01 Å². The molecule has 1 spiro atoms. The van der Waals surface area contributed by atoms with Gasteiger partial charge in [0.15, 0.2) is 5.72 Å². The van der Waals surface area contributed by atoms with Gasteiger partial charge in [0.2, 0.25) is 0 Å². The fourth-order valence-electron chi connectivity index (χ4n) is 4.93. The number of hydrogen-bond donors (Lipinski definition) is 0. The third-order valence-electron chi connectivity index (χ3n) is 6.53. The van der Waals surface area contributed by atoms with Gasteiger partial charge in [-0.1, -0.05) is 59.6 Å². The third-order valence-corrected chi connectivity index (χ3v) is 7.02. The van der Waals surface area contributed by atoms with Crippen molar-refractivity contribution >= 4 is 21.6 Å². The zero-order valence-electron chi connectivity index (χ0n) is 15.7. The molecule has 0 amide bonds. The molecule has 5 rings (SSSR count). The molecule has 0 radical (unpaired) electrons. The number of nitrogens with zero attached hydrogens (tertiary/aromatic N) is 2. The molecular weight excluding hydrogens is 400 g/mol. The minimum Gasteiger partial charge on any atom is -0.466 e. The first-order chi connectivity index (χ1) is 13.2. The van der Waals surface area contributed by atoms with Crippen molar-refractivity contribution in [2.45, 2.75) is 57.2 Å². The second-order valence-corrected chi connectivity index (χ2v) is 8.97. The molecule has 1 fully saturated rings. The number of halogens is 1. The number of benzene rings is 2. The molecule has 0 aromatic heterocycles. The van der Waals surface area contributed by atoms with E-state index in [2.05, 4.69) is 76.4 Å². The highest BCUT2D eigenvalue weighted by molar-refractivity contribution is 9.10. The van der Waals surface area contributed by atoms with Gasteiger partial charge in [-0.15, -0.1) is 0 Å². The summed E-state index contributed by atoms with van der Waals surface area (Å²) in [5.74, 6) is 1.86. The zero-order valence-corrected chi connectivity index (χ0v) is 17.3. The second-order valence-electron chi connectivity index (χ2n) is 8.06. The van der Waals surface area contributed by atoms with Crippen molar-refractivity contribution in [3.63, 3.8) is 0 Å². The van der Waals surface area contributed by atoms with Crippen LogP contribution < -0.4 is 4.74 Å². The lowest BCUT2D eigenvalue weighted by atomic mass is 9.80. The first-order valence-corrected chi connectivity index (χ1v) is 10.9. The number of hydrogen-bond acceptors (Lipinski definition) is 3. The molecule has 2 aliphatic heterocycles. The van der Waals surface area contributed by atoms with Crippen molar-refractivity contribution in [3.05, 3.63) is 64.1 Å². The largest absolute Gasteiger partial charge is 0.466 e. The van der Waals surface area contributed by atoms with Crippen LogP contribution in [0.5, 0.6) is 5.75 Å². The molecule has 1 saturated carbocycles. The van der Waals surface area contributed by atoms with E-state index in [1.54, 1.807) is 0 Å². The zero-order chi connectivity index (χ0) is 18.4. The summed E-state index contributed by atoms with van der Waals surface area (Å²) in [6, 6.07) is 17.3. The molecule has 3 aliphatic rings. The monoisotopic (exact) mass is 424 g/mol. The molecule has 1 aliphatic carbocycles. The van der Waals surface area contributed by atoms with Crippen LogP contribution in [0.1, 0.15) is 62.6 Å². The maximum Gasteiger partial charge on any atom is 0.198 e. The van der Waals surface area contributed by atoms with E-state index in [1.807, 2.05) is 0 Å². The minimum absolute atomic E-state index is 0.264. The Hall–Kier alpha value is -1.81. The maximum atomic E-state index is 6.70. The van der Waals surface area contributed by atoms with Crippen molar-refractivity contribution in [3.8, 4) is 5.75 Å². The molecule has 0 N–H and O–H groups in total. The van der Waals surface area contributed by atoms with E-state index < -0.39 is 0 Å². The summed E-state index contributed by atoms with van der Waals surface area (Å²) >= 11 is 3.64. The SMILES string of the molecule is CCC1CCC2(CC1)Oc1ccc(Br)cc1[C@H]1CC(c3ccccc3)=NN12. The highest BCUT2D eigenvalue weighted by Crippen LogP contribution is 2.52. The van der Waals surface area contributed by atoms with Crippen LogP contribution in [-0.2, 0) is 0 Å². The van der Waals surface area contributed by atoms with E-state index in [9.17, 15) is 0 Å². The number of hydrazone groups is 1. The fourth-order valence-corrected chi connectivity index (χ4v) is 5.30. The quantitative estimate of drug-likeness (QED) is 0.565. The minimum atomic E-state index is -0.284. The molecule has 140 valence electrons. The average Bonchev–Trinajstić information content (AvgIpc) is 3.17. The Morgan fingerprint density at radius 3 is 2.67 bits per heavy atom. The lowest BCUT2D eigenvalue weighted by molar-refractivity contribution is -0.146. The molecule has 2 aromatic rings. The second kappa shape index (κ2) is 6.66. The van der Waals surface area contributed by atoms with Gasteiger partial charge in [0, 0.05) is 29.3 Å². The summed E-state index contributed by atoms with van der Waals surface area (Å²) in [6.07, 6.45) is 6.77. The van der Waals surface area contributed by atoms with Crippen LogP contribution >= 0.6 is 15.9 Å². The van der Waals surface area contributed by atoms with E-state index in [1.165, 1.54) is 36.1 Å². The van der Waals surface area contributed by atoms with Gasteiger partial charge in [0.1, 0.15) is 5.75 Å². The van der Waals surface area contributed by atoms with Gasteiger partial charge in [-0.2, -0.15) is 5.10 Å². The van der Waals surface area contributed by atoms with Gasteiger partial charge < -0.3 is 4.74 Å². The highest BCUT2D eigenvalue weighted by atomic mass is 79.9.